The smallest absolute Gasteiger partial charge is 0.416 e. The number of halogens is 3. The molecule has 0 saturated carbocycles. The predicted octanol–water partition coefficient (Wildman–Crippen LogP) is 2.22. The van der Waals surface area contributed by atoms with Gasteiger partial charge in [-0.3, -0.25) is 14.5 Å². The van der Waals surface area contributed by atoms with Crippen molar-refractivity contribution in [3.05, 3.63) is 71.3 Å². The fraction of sp³-hybridized carbons (Fsp3) is 0.346. The normalized spacial score (nSPS) is 13.6. The number of fused-ring (bicyclic) bond motifs is 1. The molecule has 2 aromatic carbocycles. The van der Waals surface area contributed by atoms with Gasteiger partial charge in [-0.2, -0.15) is 13.2 Å². The number of aliphatic hydroxyl groups is 2. The Balaban J connectivity index is 0.000000302. The lowest BCUT2D eigenvalue weighted by atomic mass is 9.96. The molecule has 0 atom stereocenters. The van der Waals surface area contributed by atoms with Crippen LogP contribution in [0.4, 0.5) is 13.2 Å². The number of carboxylic acids is 3. The van der Waals surface area contributed by atoms with E-state index >= 15 is 0 Å². The highest BCUT2D eigenvalue weighted by atomic mass is 19.4. The van der Waals surface area contributed by atoms with Crippen molar-refractivity contribution in [2.45, 2.75) is 50.9 Å². The summed E-state index contributed by atoms with van der Waals surface area (Å²) >= 11 is 0. The molecule has 1 aliphatic heterocycles. The number of hydrogen-bond acceptors (Lipinski definition) is 8. The molecule has 12 nitrogen and oxygen atoms in total. The molecule has 4 rings (SSSR count). The van der Waals surface area contributed by atoms with Crippen molar-refractivity contribution in [2.75, 3.05) is 6.54 Å². The zero-order valence-corrected chi connectivity index (χ0v) is 21.5. The molecule has 2 heterocycles. The molecular formula is C26H27F3N4O8. The Hall–Kier alpha value is -4.34. The molecule has 0 fully saturated rings. The van der Waals surface area contributed by atoms with Crippen molar-refractivity contribution in [1.82, 2.24) is 19.7 Å². The van der Waals surface area contributed by atoms with Crippen molar-refractivity contribution < 1.29 is 53.1 Å². The fourth-order valence-electron chi connectivity index (χ4n) is 4.15. The molecule has 0 spiro atoms. The van der Waals surface area contributed by atoms with E-state index in [-0.39, 0.29) is 6.61 Å². The number of nitrogens with zero attached hydrogens (tertiary/aromatic N) is 4. The highest BCUT2D eigenvalue weighted by Crippen LogP contribution is 2.31. The first kappa shape index (κ1) is 31.2. The quantitative estimate of drug-likeness (QED) is 0.250. The van der Waals surface area contributed by atoms with Crippen molar-refractivity contribution in [1.29, 1.82) is 0 Å². The Morgan fingerprint density at radius 3 is 1.83 bits per heavy atom. The molecule has 0 bridgehead atoms. The average Bonchev–Trinajstić information content (AvgIpc) is 3.30. The number of aromatic nitrogens is 3. The lowest BCUT2D eigenvalue weighted by Crippen LogP contribution is -2.42. The summed E-state index contributed by atoms with van der Waals surface area (Å²) < 4.78 is 40.0. The van der Waals surface area contributed by atoms with Crippen LogP contribution in [0.25, 0.3) is 11.1 Å². The number of carbonyl (C=O) groups is 3. The number of rotatable bonds is 9. The van der Waals surface area contributed by atoms with Gasteiger partial charge in [0.15, 0.2) is 11.4 Å². The van der Waals surface area contributed by atoms with Crippen LogP contribution in [0.3, 0.4) is 0 Å². The topological polar surface area (TPSA) is 186 Å². The summed E-state index contributed by atoms with van der Waals surface area (Å²) in [6.45, 7) is 2.86. The monoisotopic (exact) mass is 580 g/mol. The molecule has 3 aromatic rings. The van der Waals surface area contributed by atoms with Gasteiger partial charge in [0, 0.05) is 19.6 Å². The van der Waals surface area contributed by atoms with Gasteiger partial charge >= 0.3 is 24.1 Å². The molecule has 0 aliphatic carbocycles. The number of aliphatic carboxylic acids is 3. The molecule has 0 amide bonds. The van der Waals surface area contributed by atoms with E-state index in [9.17, 15) is 32.7 Å². The van der Waals surface area contributed by atoms with Crippen molar-refractivity contribution in [3.63, 3.8) is 0 Å². The summed E-state index contributed by atoms with van der Waals surface area (Å²) in [7, 11) is 0. The van der Waals surface area contributed by atoms with Crippen LogP contribution >= 0.6 is 0 Å². The van der Waals surface area contributed by atoms with Gasteiger partial charge in [-0.25, -0.2) is 4.79 Å². The van der Waals surface area contributed by atoms with Crippen molar-refractivity contribution >= 4 is 17.9 Å². The second-order valence-electron chi connectivity index (χ2n) is 9.30. The molecule has 0 unspecified atom stereocenters. The Kier molecular flexibility index (Phi) is 9.80. The van der Waals surface area contributed by atoms with Gasteiger partial charge in [0.2, 0.25) is 0 Å². The largest absolute Gasteiger partial charge is 0.481 e. The number of alkyl halides is 3. The zero-order chi connectivity index (χ0) is 30.4. The van der Waals surface area contributed by atoms with E-state index in [1.807, 2.05) is 28.8 Å². The lowest BCUT2D eigenvalue weighted by molar-refractivity contribution is -0.170. The van der Waals surface area contributed by atoms with Crippen LogP contribution in [0.1, 0.15) is 35.6 Å². The third-order valence-corrected chi connectivity index (χ3v) is 6.24. The molecule has 1 aliphatic rings. The van der Waals surface area contributed by atoms with E-state index in [2.05, 4.69) is 15.1 Å². The summed E-state index contributed by atoms with van der Waals surface area (Å²) in [6, 6.07) is 13.0. The molecule has 41 heavy (non-hydrogen) atoms. The van der Waals surface area contributed by atoms with Crippen LogP contribution in [0, 0.1) is 0 Å². The second-order valence-corrected chi connectivity index (χ2v) is 9.30. The Morgan fingerprint density at radius 2 is 1.37 bits per heavy atom. The first-order valence-electron chi connectivity index (χ1n) is 12.1. The van der Waals surface area contributed by atoms with Crippen LogP contribution in [-0.2, 0) is 46.8 Å². The molecule has 0 radical (unpaired) electrons. The first-order chi connectivity index (χ1) is 19.2. The van der Waals surface area contributed by atoms with Crippen LogP contribution in [-0.4, -0.2) is 75.3 Å². The van der Waals surface area contributed by atoms with E-state index in [0.29, 0.717) is 12.4 Å². The number of carboxylic acid groups (broad SMARTS) is 3. The Morgan fingerprint density at radius 1 is 0.829 bits per heavy atom. The minimum absolute atomic E-state index is 0.113. The van der Waals surface area contributed by atoms with Crippen LogP contribution in [0.2, 0.25) is 0 Å². The van der Waals surface area contributed by atoms with E-state index in [1.165, 1.54) is 12.1 Å². The van der Waals surface area contributed by atoms with Crippen molar-refractivity contribution in [3.8, 4) is 11.1 Å². The van der Waals surface area contributed by atoms with Gasteiger partial charge in [0.1, 0.15) is 12.4 Å². The van der Waals surface area contributed by atoms with Gasteiger partial charge in [0.05, 0.1) is 24.9 Å². The molecule has 15 heteroatoms. The van der Waals surface area contributed by atoms with Gasteiger partial charge in [0.25, 0.3) is 0 Å². The summed E-state index contributed by atoms with van der Waals surface area (Å²) in [5, 5.41) is 51.2. The third kappa shape index (κ3) is 8.33. The van der Waals surface area contributed by atoms with Gasteiger partial charge in [-0.1, -0.05) is 36.4 Å². The maximum absolute atomic E-state index is 12.7. The van der Waals surface area contributed by atoms with Crippen LogP contribution in [0.15, 0.2) is 48.5 Å². The highest BCUT2D eigenvalue weighted by Gasteiger charge is 2.40. The molecular weight excluding hydrogens is 553 g/mol. The molecule has 220 valence electrons. The molecule has 0 saturated heterocycles. The summed E-state index contributed by atoms with van der Waals surface area (Å²) in [5.74, 6) is -3.58. The zero-order valence-electron chi connectivity index (χ0n) is 21.5. The van der Waals surface area contributed by atoms with E-state index < -0.39 is 48.1 Å². The maximum Gasteiger partial charge on any atom is 0.416 e. The minimum atomic E-state index is -4.32. The lowest BCUT2D eigenvalue weighted by Gasteiger charge is -2.27. The number of aliphatic hydroxyl groups excluding tert-OH is 1. The van der Waals surface area contributed by atoms with Gasteiger partial charge in [-0.05, 0) is 28.8 Å². The van der Waals surface area contributed by atoms with E-state index in [0.717, 1.165) is 54.3 Å². The van der Waals surface area contributed by atoms with Gasteiger partial charge < -0.3 is 30.1 Å². The Bertz CT molecular complexity index is 1360. The predicted molar refractivity (Wildman–Crippen MR) is 134 cm³/mol. The molecule has 1 aromatic heterocycles. The standard InChI is InChI=1S/C20H19F3N4O.C6H8O7/c21-20(22,23)17-7-5-16(6-8-17)15-3-1-14(2-4-15)11-26-9-10-27-18(12-26)24-25-19(27)13-28;7-3(8)1-6(13,5(11)12)2-4(9)10/h1-8,28H,9-13H2;13H,1-2H2,(H,7,8)(H,9,10)(H,11,12). The molecule has 5 N–H and O–H groups in total. The van der Waals surface area contributed by atoms with Crippen LogP contribution in [0.5, 0.6) is 0 Å². The summed E-state index contributed by atoms with van der Waals surface area (Å²) in [6.07, 6.45) is -6.61. The first-order valence-corrected chi connectivity index (χ1v) is 12.1. The third-order valence-electron chi connectivity index (χ3n) is 6.24. The number of hydrogen-bond donors (Lipinski definition) is 5. The van der Waals surface area contributed by atoms with E-state index in [4.69, 9.17) is 20.4 Å². The second kappa shape index (κ2) is 12.9. The maximum atomic E-state index is 12.7. The fourth-order valence-corrected chi connectivity index (χ4v) is 4.15. The highest BCUT2D eigenvalue weighted by molar-refractivity contribution is 5.88. The minimum Gasteiger partial charge on any atom is -0.481 e. The SMILES string of the molecule is O=C(O)CC(O)(CC(=O)O)C(=O)O.OCc1nnc2n1CCN(Cc1ccc(-c3ccc(C(F)(F)F)cc3)cc1)C2. The summed E-state index contributed by atoms with van der Waals surface area (Å²) in [4.78, 5) is 32.7. The van der Waals surface area contributed by atoms with Crippen molar-refractivity contribution in [2.24, 2.45) is 0 Å². The summed E-state index contributed by atoms with van der Waals surface area (Å²) in [5.41, 5.74) is -0.635. The van der Waals surface area contributed by atoms with Gasteiger partial charge in [-0.15, -0.1) is 10.2 Å². The Labute approximate surface area is 230 Å². The van der Waals surface area contributed by atoms with Crippen LogP contribution < -0.4 is 0 Å². The average molecular weight is 581 g/mol. The number of benzene rings is 2. The van der Waals surface area contributed by atoms with E-state index in [1.54, 1.807) is 0 Å².